The lowest BCUT2D eigenvalue weighted by Crippen LogP contribution is -2.55. The minimum Gasteiger partial charge on any atom is -0.481 e. The molecule has 0 aliphatic carbocycles. The number of aliphatic carboxylic acids is 3. The van der Waals surface area contributed by atoms with E-state index in [0.717, 1.165) is 0 Å². The van der Waals surface area contributed by atoms with Crippen LogP contribution in [-0.4, -0.2) is 69.1 Å². The van der Waals surface area contributed by atoms with Crippen molar-refractivity contribution in [2.24, 2.45) is 11.5 Å². The number of nitrogens with two attached hydrogens (primary N) is 2. The Bertz CT molecular complexity index is 607. The highest BCUT2D eigenvalue weighted by atomic mass is 16.4. The number of hydrogen-bond donors (Lipinski definition) is 7. The molecule has 152 valence electrons. The van der Waals surface area contributed by atoms with Gasteiger partial charge < -0.3 is 37.4 Å². The highest BCUT2D eigenvalue weighted by molar-refractivity contribution is 5.94. The van der Waals surface area contributed by atoms with Gasteiger partial charge in [-0.25, -0.2) is 4.79 Å². The van der Waals surface area contributed by atoms with Crippen LogP contribution in [0.5, 0.6) is 0 Å². The van der Waals surface area contributed by atoms with Crippen LogP contribution in [0.25, 0.3) is 0 Å². The summed E-state index contributed by atoms with van der Waals surface area (Å²) in [4.78, 5) is 67.4. The Morgan fingerprint density at radius 3 is 1.70 bits per heavy atom. The summed E-state index contributed by atoms with van der Waals surface area (Å²) in [5.41, 5.74) is 10.5. The van der Waals surface area contributed by atoms with E-state index >= 15 is 0 Å². The zero-order valence-electron chi connectivity index (χ0n) is 14.2. The van der Waals surface area contributed by atoms with E-state index in [-0.39, 0.29) is 6.42 Å². The molecule has 9 N–H and O–H groups in total. The molecule has 0 aliphatic rings. The SMILES string of the molecule is NC(=O)CC(NC(=O)C(N)CCC(=O)O)C(=O)NC(CCC(=O)O)C(=O)O. The molecule has 0 aliphatic heterocycles. The van der Waals surface area contributed by atoms with Gasteiger partial charge in [0.25, 0.3) is 0 Å². The summed E-state index contributed by atoms with van der Waals surface area (Å²) < 4.78 is 0. The molecule has 3 atom stereocenters. The average molecular weight is 390 g/mol. The highest BCUT2D eigenvalue weighted by Gasteiger charge is 2.29. The van der Waals surface area contributed by atoms with Crippen LogP contribution in [0.15, 0.2) is 0 Å². The number of nitrogens with one attached hydrogen (secondary N) is 2. The number of carboxylic acids is 3. The van der Waals surface area contributed by atoms with Gasteiger partial charge in [0.1, 0.15) is 12.1 Å². The first-order chi connectivity index (χ1) is 12.4. The van der Waals surface area contributed by atoms with E-state index in [0.29, 0.717) is 0 Å². The molecule has 0 aromatic heterocycles. The van der Waals surface area contributed by atoms with Gasteiger partial charge in [-0.3, -0.25) is 24.0 Å². The first-order valence-electron chi connectivity index (χ1n) is 7.75. The molecule has 13 heteroatoms. The van der Waals surface area contributed by atoms with E-state index < -0.39 is 79.4 Å². The summed E-state index contributed by atoms with van der Waals surface area (Å²) in [5.74, 6) is -6.96. The molecule has 0 saturated carbocycles. The van der Waals surface area contributed by atoms with Gasteiger partial charge in [-0.05, 0) is 12.8 Å². The second-order valence-corrected chi connectivity index (χ2v) is 5.60. The van der Waals surface area contributed by atoms with Crippen molar-refractivity contribution in [2.75, 3.05) is 0 Å². The summed E-state index contributed by atoms with van der Waals surface area (Å²) in [5, 5.41) is 30.3. The lowest BCUT2D eigenvalue weighted by Gasteiger charge is -2.21. The van der Waals surface area contributed by atoms with Crippen molar-refractivity contribution < 1.29 is 44.1 Å². The maximum absolute atomic E-state index is 12.2. The Balaban J connectivity index is 5.03. The van der Waals surface area contributed by atoms with E-state index in [1.165, 1.54) is 0 Å². The van der Waals surface area contributed by atoms with E-state index in [2.05, 4.69) is 5.32 Å². The number of primary amides is 1. The van der Waals surface area contributed by atoms with Gasteiger partial charge in [-0.15, -0.1) is 0 Å². The molecule has 0 aromatic rings. The van der Waals surface area contributed by atoms with Gasteiger partial charge in [0, 0.05) is 12.8 Å². The van der Waals surface area contributed by atoms with Gasteiger partial charge in [0.05, 0.1) is 12.5 Å². The van der Waals surface area contributed by atoms with Crippen molar-refractivity contribution in [1.29, 1.82) is 0 Å². The van der Waals surface area contributed by atoms with Crippen LogP contribution < -0.4 is 22.1 Å². The standard InChI is InChI=1S/C14H22N4O9/c15-6(1-3-10(20)21)12(24)18-8(5-9(16)19)13(25)17-7(14(26)27)2-4-11(22)23/h6-8H,1-5,15H2,(H2,16,19)(H,17,25)(H,18,24)(H,20,21)(H,22,23)(H,26,27). The molecule has 13 nitrogen and oxygen atoms in total. The number of rotatable bonds is 13. The van der Waals surface area contributed by atoms with E-state index in [9.17, 15) is 28.8 Å². The molecule has 27 heavy (non-hydrogen) atoms. The fraction of sp³-hybridized carbons (Fsp3) is 0.571. The number of carbonyl (C=O) groups is 6. The third-order valence-corrected chi connectivity index (χ3v) is 3.31. The Morgan fingerprint density at radius 1 is 0.778 bits per heavy atom. The van der Waals surface area contributed by atoms with E-state index in [4.69, 9.17) is 26.8 Å². The maximum Gasteiger partial charge on any atom is 0.326 e. The van der Waals surface area contributed by atoms with Gasteiger partial charge in [-0.2, -0.15) is 0 Å². The van der Waals surface area contributed by atoms with Gasteiger partial charge >= 0.3 is 17.9 Å². The Hall–Kier alpha value is -3.22. The first kappa shape index (κ1) is 23.8. The molecule has 0 spiro atoms. The summed E-state index contributed by atoms with van der Waals surface area (Å²) in [6.45, 7) is 0. The van der Waals surface area contributed by atoms with Gasteiger partial charge in [-0.1, -0.05) is 0 Å². The number of amides is 3. The van der Waals surface area contributed by atoms with Crippen molar-refractivity contribution in [3.63, 3.8) is 0 Å². The second kappa shape index (κ2) is 11.4. The van der Waals surface area contributed by atoms with Crippen molar-refractivity contribution in [3.8, 4) is 0 Å². The molecule has 0 rings (SSSR count). The minimum atomic E-state index is -1.57. The van der Waals surface area contributed by atoms with Crippen molar-refractivity contribution in [1.82, 2.24) is 10.6 Å². The van der Waals surface area contributed by atoms with E-state index in [1.807, 2.05) is 5.32 Å². The predicted molar refractivity (Wildman–Crippen MR) is 87.0 cm³/mol. The molecular weight excluding hydrogens is 368 g/mol. The fourth-order valence-corrected chi connectivity index (χ4v) is 1.90. The van der Waals surface area contributed by atoms with Crippen molar-refractivity contribution in [2.45, 2.75) is 50.2 Å². The Morgan fingerprint density at radius 2 is 1.26 bits per heavy atom. The molecule has 3 amide bonds. The van der Waals surface area contributed by atoms with Crippen LogP contribution in [0.3, 0.4) is 0 Å². The Kier molecular flexibility index (Phi) is 10.0. The van der Waals surface area contributed by atoms with Crippen LogP contribution in [0.4, 0.5) is 0 Å². The van der Waals surface area contributed by atoms with Crippen LogP contribution in [0.2, 0.25) is 0 Å². The first-order valence-corrected chi connectivity index (χ1v) is 7.75. The monoisotopic (exact) mass is 390 g/mol. The second-order valence-electron chi connectivity index (χ2n) is 5.60. The van der Waals surface area contributed by atoms with Gasteiger partial charge in [0.2, 0.25) is 17.7 Å². The maximum atomic E-state index is 12.2. The summed E-state index contributed by atoms with van der Waals surface area (Å²) >= 11 is 0. The highest BCUT2D eigenvalue weighted by Crippen LogP contribution is 2.02. The van der Waals surface area contributed by atoms with Crippen LogP contribution >= 0.6 is 0 Å². The third kappa shape index (κ3) is 10.4. The van der Waals surface area contributed by atoms with Crippen LogP contribution in [0.1, 0.15) is 32.1 Å². The van der Waals surface area contributed by atoms with E-state index in [1.54, 1.807) is 0 Å². The molecule has 0 radical (unpaired) electrons. The molecule has 0 aromatic carbocycles. The fourth-order valence-electron chi connectivity index (χ4n) is 1.90. The van der Waals surface area contributed by atoms with Crippen LogP contribution in [0, 0.1) is 0 Å². The molecular formula is C14H22N4O9. The van der Waals surface area contributed by atoms with Crippen LogP contribution in [-0.2, 0) is 28.8 Å². The smallest absolute Gasteiger partial charge is 0.326 e. The predicted octanol–water partition coefficient (Wildman–Crippen LogP) is -3.03. The zero-order valence-corrected chi connectivity index (χ0v) is 14.2. The topological polar surface area (TPSA) is 239 Å². The molecule has 0 bridgehead atoms. The molecule has 0 heterocycles. The summed E-state index contributed by atoms with van der Waals surface area (Å²) in [7, 11) is 0. The summed E-state index contributed by atoms with van der Waals surface area (Å²) in [6, 6.07) is -4.41. The number of carbonyl (C=O) groups excluding carboxylic acids is 3. The summed E-state index contributed by atoms with van der Waals surface area (Å²) in [6.07, 6.45) is -2.27. The normalized spacial score (nSPS) is 13.7. The lowest BCUT2D eigenvalue weighted by molar-refractivity contribution is -0.143. The van der Waals surface area contributed by atoms with Gasteiger partial charge in [0.15, 0.2) is 0 Å². The quantitative estimate of drug-likeness (QED) is 0.168. The third-order valence-electron chi connectivity index (χ3n) is 3.31. The number of carboxylic acid groups (broad SMARTS) is 3. The molecule has 0 saturated heterocycles. The molecule has 0 fully saturated rings. The van der Waals surface area contributed by atoms with Crippen molar-refractivity contribution >= 4 is 35.6 Å². The zero-order chi connectivity index (χ0) is 21.1. The molecule has 3 unspecified atom stereocenters. The van der Waals surface area contributed by atoms with Crippen molar-refractivity contribution in [3.05, 3.63) is 0 Å². The lowest BCUT2D eigenvalue weighted by atomic mass is 10.1. The minimum absolute atomic E-state index is 0.234. The largest absolute Gasteiger partial charge is 0.481 e. The number of hydrogen-bond acceptors (Lipinski definition) is 7. The Labute approximate surface area is 153 Å². The average Bonchev–Trinajstić information content (AvgIpc) is 2.54.